The van der Waals surface area contributed by atoms with Crippen LogP contribution in [0.25, 0.3) is 0 Å². The van der Waals surface area contributed by atoms with E-state index in [0.717, 1.165) is 12.0 Å². The first-order valence-electron chi connectivity index (χ1n) is 7.05. The summed E-state index contributed by atoms with van der Waals surface area (Å²) in [4.78, 5) is 25.8. The van der Waals surface area contributed by atoms with E-state index in [4.69, 9.17) is 5.73 Å². The van der Waals surface area contributed by atoms with Gasteiger partial charge in [0.2, 0.25) is 5.91 Å². The molecule has 0 spiro atoms. The molecule has 0 aliphatic carbocycles. The van der Waals surface area contributed by atoms with Gasteiger partial charge >= 0.3 is 5.97 Å². The lowest BCUT2D eigenvalue weighted by Crippen LogP contribution is -2.46. The van der Waals surface area contributed by atoms with Gasteiger partial charge in [-0.25, -0.2) is 0 Å². The van der Waals surface area contributed by atoms with Gasteiger partial charge in [-0.3, -0.25) is 9.59 Å². The highest BCUT2D eigenvalue weighted by Crippen LogP contribution is 2.26. The molecule has 0 fully saturated rings. The number of methoxy groups -OCH3 is 1. The summed E-state index contributed by atoms with van der Waals surface area (Å²) >= 11 is 0. The monoisotopic (exact) mass is 292 g/mol. The first kappa shape index (κ1) is 17.0. The van der Waals surface area contributed by atoms with Crippen LogP contribution in [0.4, 0.5) is 5.69 Å². The van der Waals surface area contributed by atoms with Gasteiger partial charge in [-0.2, -0.15) is 0 Å². The van der Waals surface area contributed by atoms with Crippen molar-refractivity contribution in [1.29, 1.82) is 0 Å². The van der Waals surface area contributed by atoms with E-state index in [9.17, 15) is 9.59 Å². The number of esters is 1. The number of anilines is 1. The molecule has 0 radical (unpaired) electrons. The van der Waals surface area contributed by atoms with Crippen LogP contribution in [0, 0.1) is 0 Å². The van der Waals surface area contributed by atoms with E-state index in [1.165, 1.54) is 7.11 Å². The van der Waals surface area contributed by atoms with Crippen LogP contribution in [-0.2, 0) is 19.7 Å². The number of benzene rings is 1. The lowest BCUT2D eigenvalue weighted by molar-refractivity contribution is -0.148. The Morgan fingerprint density at radius 3 is 2.29 bits per heavy atom. The molecule has 0 atom stereocenters. The minimum absolute atomic E-state index is 0.0262. The van der Waals surface area contributed by atoms with Gasteiger partial charge < -0.3 is 15.4 Å². The Kier molecular flexibility index (Phi) is 5.76. The smallest absolute Gasteiger partial charge is 0.325 e. The van der Waals surface area contributed by atoms with Gasteiger partial charge in [-0.1, -0.05) is 19.1 Å². The largest absolute Gasteiger partial charge is 0.468 e. The highest BCUT2D eigenvalue weighted by atomic mass is 16.5. The van der Waals surface area contributed by atoms with Gasteiger partial charge in [0.15, 0.2) is 0 Å². The van der Waals surface area contributed by atoms with E-state index < -0.39 is 11.4 Å². The number of nitrogens with two attached hydrogens (primary N) is 1. The van der Waals surface area contributed by atoms with Crippen molar-refractivity contribution in [3.05, 3.63) is 29.8 Å². The van der Waals surface area contributed by atoms with Crippen LogP contribution in [0.5, 0.6) is 0 Å². The number of hydrogen-bond acceptors (Lipinski definition) is 4. The van der Waals surface area contributed by atoms with Crippen molar-refractivity contribution in [2.24, 2.45) is 0 Å². The first-order chi connectivity index (χ1) is 9.82. The van der Waals surface area contributed by atoms with Crippen LogP contribution in [-0.4, -0.2) is 37.0 Å². The molecule has 0 bridgehead atoms. The van der Waals surface area contributed by atoms with E-state index in [1.54, 1.807) is 17.0 Å². The minimum Gasteiger partial charge on any atom is -0.468 e. The molecule has 0 heterocycles. The third kappa shape index (κ3) is 4.21. The third-order valence-corrected chi connectivity index (χ3v) is 3.50. The van der Waals surface area contributed by atoms with Crippen molar-refractivity contribution in [3.63, 3.8) is 0 Å². The van der Waals surface area contributed by atoms with Gasteiger partial charge in [0.25, 0.3) is 0 Å². The van der Waals surface area contributed by atoms with Gasteiger partial charge in [-0.05, 0) is 38.0 Å². The second-order valence-corrected chi connectivity index (χ2v) is 5.55. The zero-order chi connectivity index (χ0) is 16.0. The maximum Gasteiger partial charge on any atom is 0.325 e. The second-order valence-electron chi connectivity index (χ2n) is 5.55. The molecule has 5 heteroatoms. The second kappa shape index (κ2) is 7.11. The molecule has 1 rings (SSSR count). The molecule has 0 aliphatic rings. The molecule has 1 aromatic rings. The van der Waals surface area contributed by atoms with Crippen molar-refractivity contribution >= 4 is 17.6 Å². The highest BCUT2D eigenvalue weighted by Gasteiger charge is 2.34. The maximum absolute atomic E-state index is 12.8. The Labute approximate surface area is 126 Å². The predicted molar refractivity (Wildman–Crippen MR) is 82.8 cm³/mol. The number of ether oxygens (including phenoxy) is 1. The zero-order valence-corrected chi connectivity index (χ0v) is 13.2. The summed E-state index contributed by atoms with van der Waals surface area (Å²) in [5.74, 6) is -0.510. The number of carbonyl (C=O) groups excluding carboxylic acids is 2. The molecule has 1 aromatic carbocycles. The van der Waals surface area contributed by atoms with Gasteiger partial charge in [0.1, 0.15) is 6.54 Å². The molecule has 116 valence electrons. The number of hydrogen-bond donors (Lipinski definition) is 1. The van der Waals surface area contributed by atoms with E-state index >= 15 is 0 Å². The van der Waals surface area contributed by atoms with E-state index in [0.29, 0.717) is 12.2 Å². The Balaban J connectivity index is 2.99. The molecule has 1 amide bonds. The molecule has 0 saturated heterocycles. The third-order valence-electron chi connectivity index (χ3n) is 3.50. The van der Waals surface area contributed by atoms with Crippen molar-refractivity contribution in [3.8, 4) is 0 Å². The SMILES string of the molecule is CCCN(CC(=O)OC)C(=O)C(C)(C)c1ccc(N)cc1. The number of rotatable bonds is 6. The standard InChI is InChI=1S/C16H24N2O3/c1-5-10-18(11-14(19)21-4)15(20)16(2,3)12-6-8-13(17)9-7-12/h6-9H,5,10-11,17H2,1-4H3. The fraction of sp³-hybridized carbons (Fsp3) is 0.500. The fourth-order valence-electron chi connectivity index (χ4n) is 2.16. The zero-order valence-electron chi connectivity index (χ0n) is 13.2. The lowest BCUT2D eigenvalue weighted by Gasteiger charge is -2.31. The van der Waals surface area contributed by atoms with Crippen LogP contribution < -0.4 is 5.73 Å². The molecular formula is C16H24N2O3. The molecule has 0 unspecified atom stereocenters. The van der Waals surface area contributed by atoms with E-state index in [-0.39, 0.29) is 12.5 Å². The van der Waals surface area contributed by atoms with Crippen molar-refractivity contribution in [2.45, 2.75) is 32.6 Å². The summed E-state index contributed by atoms with van der Waals surface area (Å²) in [5, 5.41) is 0. The summed E-state index contributed by atoms with van der Waals surface area (Å²) in [6.07, 6.45) is 0.778. The Hall–Kier alpha value is -2.04. The van der Waals surface area contributed by atoms with Crippen LogP contribution in [0.2, 0.25) is 0 Å². The summed E-state index contributed by atoms with van der Waals surface area (Å²) in [5.41, 5.74) is 6.48. The highest BCUT2D eigenvalue weighted by molar-refractivity contribution is 5.90. The Morgan fingerprint density at radius 2 is 1.81 bits per heavy atom. The first-order valence-corrected chi connectivity index (χ1v) is 7.05. The molecule has 0 aliphatic heterocycles. The molecule has 0 saturated carbocycles. The van der Waals surface area contributed by atoms with E-state index in [2.05, 4.69) is 4.74 Å². The average molecular weight is 292 g/mol. The van der Waals surface area contributed by atoms with Gasteiger partial charge in [-0.15, -0.1) is 0 Å². The Morgan fingerprint density at radius 1 is 1.24 bits per heavy atom. The van der Waals surface area contributed by atoms with Crippen LogP contribution >= 0.6 is 0 Å². The van der Waals surface area contributed by atoms with Crippen molar-refractivity contribution < 1.29 is 14.3 Å². The van der Waals surface area contributed by atoms with Gasteiger partial charge in [0, 0.05) is 12.2 Å². The number of nitrogens with zero attached hydrogens (tertiary/aromatic N) is 1. The number of carbonyl (C=O) groups is 2. The van der Waals surface area contributed by atoms with Crippen LogP contribution in [0.15, 0.2) is 24.3 Å². The summed E-state index contributed by atoms with van der Waals surface area (Å²) in [6, 6.07) is 7.23. The fourth-order valence-corrected chi connectivity index (χ4v) is 2.16. The van der Waals surface area contributed by atoms with Gasteiger partial charge in [0.05, 0.1) is 12.5 Å². The summed E-state index contributed by atoms with van der Waals surface area (Å²) in [7, 11) is 1.32. The average Bonchev–Trinajstić information content (AvgIpc) is 2.46. The topological polar surface area (TPSA) is 72.6 Å². The van der Waals surface area contributed by atoms with Crippen LogP contribution in [0.1, 0.15) is 32.8 Å². The Bertz CT molecular complexity index is 495. The van der Waals surface area contributed by atoms with E-state index in [1.807, 2.05) is 32.9 Å². The molecular weight excluding hydrogens is 268 g/mol. The van der Waals surface area contributed by atoms with Crippen molar-refractivity contribution in [2.75, 3.05) is 25.9 Å². The van der Waals surface area contributed by atoms with Crippen LogP contribution in [0.3, 0.4) is 0 Å². The maximum atomic E-state index is 12.8. The number of amides is 1. The molecule has 0 aromatic heterocycles. The minimum atomic E-state index is -0.725. The molecule has 5 nitrogen and oxygen atoms in total. The summed E-state index contributed by atoms with van der Waals surface area (Å²) in [6.45, 7) is 6.16. The lowest BCUT2D eigenvalue weighted by atomic mass is 9.83. The normalized spacial score (nSPS) is 11.0. The quantitative estimate of drug-likeness (QED) is 0.642. The number of nitrogen functional groups attached to an aromatic ring is 1. The van der Waals surface area contributed by atoms with Crippen molar-refractivity contribution in [1.82, 2.24) is 4.90 Å². The molecule has 2 N–H and O–H groups in total. The predicted octanol–water partition coefficient (Wildman–Crippen LogP) is 1.96. The molecule has 21 heavy (non-hydrogen) atoms. The summed E-state index contributed by atoms with van der Waals surface area (Å²) < 4.78 is 4.66.